The molecule has 5 nitrogen and oxygen atoms in total. The molecule has 1 aliphatic heterocycles. The smallest absolute Gasteiger partial charge is 0.315 e. The fourth-order valence-corrected chi connectivity index (χ4v) is 3.24. The van der Waals surface area contributed by atoms with Gasteiger partial charge in [0.25, 0.3) is 0 Å². The molecule has 1 heterocycles. The normalized spacial score (nSPS) is 13.6. The minimum atomic E-state index is -0.297. The van der Waals surface area contributed by atoms with Crippen LogP contribution in [0.25, 0.3) is 0 Å². The van der Waals surface area contributed by atoms with E-state index in [2.05, 4.69) is 22.8 Å². The number of aliphatic hydroxyl groups excluding tert-OH is 1. The van der Waals surface area contributed by atoms with Crippen LogP contribution in [0.15, 0.2) is 42.5 Å². The summed E-state index contributed by atoms with van der Waals surface area (Å²) in [5, 5.41) is 15.3. The molecular formula is C21H26N2O3. The average Bonchev–Trinajstić information content (AvgIpc) is 3.09. The first kappa shape index (κ1) is 18.3. The number of hydrogen-bond acceptors (Lipinski definition) is 3. The molecule has 3 rings (SSSR count). The summed E-state index contributed by atoms with van der Waals surface area (Å²) in [6.07, 6.45) is 2.33. The first-order valence-corrected chi connectivity index (χ1v) is 9.09. The first-order chi connectivity index (χ1) is 12.6. The van der Waals surface area contributed by atoms with Gasteiger partial charge in [-0.25, -0.2) is 4.79 Å². The number of fused-ring (bicyclic) bond motifs is 1. The highest BCUT2D eigenvalue weighted by molar-refractivity contribution is 5.74. The van der Waals surface area contributed by atoms with Crippen molar-refractivity contribution in [3.05, 3.63) is 64.7 Å². The second-order valence-corrected chi connectivity index (χ2v) is 6.76. The maximum atomic E-state index is 12.1. The highest BCUT2D eigenvalue weighted by atomic mass is 16.5. The van der Waals surface area contributed by atoms with Gasteiger partial charge in [-0.05, 0) is 42.5 Å². The predicted molar refractivity (Wildman–Crippen MR) is 102 cm³/mol. The van der Waals surface area contributed by atoms with Crippen LogP contribution in [-0.4, -0.2) is 36.9 Å². The number of amides is 2. The Morgan fingerprint density at radius 1 is 1.23 bits per heavy atom. The number of carbonyl (C=O) groups excluding carboxylic acids is 1. The van der Waals surface area contributed by atoms with Crippen molar-refractivity contribution in [3.63, 3.8) is 0 Å². The molecule has 0 aliphatic carbocycles. The minimum absolute atomic E-state index is 0.0911. The minimum Gasteiger partial charge on any atom is -0.493 e. The second kappa shape index (κ2) is 8.72. The largest absolute Gasteiger partial charge is 0.493 e. The Kier molecular flexibility index (Phi) is 6.12. The van der Waals surface area contributed by atoms with E-state index in [1.807, 2.05) is 37.3 Å². The number of benzene rings is 2. The number of aliphatic hydroxyl groups is 1. The van der Waals surface area contributed by atoms with Crippen molar-refractivity contribution in [1.82, 2.24) is 10.6 Å². The van der Waals surface area contributed by atoms with Crippen molar-refractivity contribution in [2.45, 2.75) is 32.2 Å². The number of carbonyl (C=O) groups is 1. The fraction of sp³-hybridized carbons (Fsp3) is 0.381. The van der Waals surface area contributed by atoms with E-state index in [0.717, 1.165) is 30.8 Å². The maximum absolute atomic E-state index is 12.1. The van der Waals surface area contributed by atoms with Gasteiger partial charge in [0, 0.05) is 13.0 Å². The Bertz CT molecular complexity index is 761. The molecule has 0 aromatic heterocycles. The molecular weight excluding hydrogens is 328 g/mol. The van der Waals surface area contributed by atoms with Gasteiger partial charge in [0.05, 0.1) is 19.3 Å². The van der Waals surface area contributed by atoms with Crippen LogP contribution in [0.3, 0.4) is 0 Å². The molecule has 0 bridgehead atoms. The van der Waals surface area contributed by atoms with Crippen LogP contribution in [-0.2, 0) is 19.3 Å². The molecule has 3 N–H and O–H groups in total. The monoisotopic (exact) mass is 354 g/mol. The molecule has 2 amide bonds. The number of nitrogens with one attached hydrogen (secondary N) is 2. The lowest BCUT2D eigenvalue weighted by Gasteiger charge is -2.17. The van der Waals surface area contributed by atoms with Gasteiger partial charge in [-0.2, -0.15) is 0 Å². The van der Waals surface area contributed by atoms with Crippen molar-refractivity contribution < 1.29 is 14.6 Å². The first-order valence-electron chi connectivity index (χ1n) is 9.09. The van der Waals surface area contributed by atoms with Crippen LogP contribution in [0.4, 0.5) is 4.79 Å². The summed E-state index contributed by atoms with van der Waals surface area (Å²) in [5.74, 6) is 0.974. The number of rotatable bonds is 7. The van der Waals surface area contributed by atoms with E-state index in [4.69, 9.17) is 4.74 Å². The Morgan fingerprint density at radius 3 is 2.92 bits per heavy atom. The Hall–Kier alpha value is -2.53. The Labute approximate surface area is 154 Å². The zero-order chi connectivity index (χ0) is 18.4. The van der Waals surface area contributed by atoms with Gasteiger partial charge < -0.3 is 20.5 Å². The third kappa shape index (κ3) is 4.99. The molecule has 1 atom stereocenters. The van der Waals surface area contributed by atoms with Crippen LogP contribution < -0.4 is 15.4 Å². The van der Waals surface area contributed by atoms with E-state index in [-0.39, 0.29) is 18.7 Å². The molecule has 2 aromatic carbocycles. The van der Waals surface area contributed by atoms with Crippen LogP contribution in [0, 0.1) is 6.92 Å². The fourth-order valence-electron chi connectivity index (χ4n) is 3.24. The summed E-state index contributed by atoms with van der Waals surface area (Å²) in [6.45, 7) is 3.24. The Balaban J connectivity index is 1.44. The number of urea groups is 1. The quantitative estimate of drug-likeness (QED) is 0.715. The van der Waals surface area contributed by atoms with Crippen molar-refractivity contribution >= 4 is 6.03 Å². The van der Waals surface area contributed by atoms with E-state index in [1.54, 1.807) is 0 Å². The van der Waals surface area contributed by atoms with Gasteiger partial charge in [0.15, 0.2) is 0 Å². The lowest BCUT2D eigenvalue weighted by molar-refractivity contribution is 0.216. The van der Waals surface area contributed by atoms with Crippen molar-refractivity contribution in [2.75, 3.05) is 19.8 Å². The SMILES string of the molecule is Cc1cccc(CC(CO)NC(=O)NCCc2ccc3c(c2)CCO3)c1. The molecule has 0 saturated heterocycles. The third-order valence-electron chi connectivity index (χ3n) is 4.57. The number of hydrogen-bond donors (Lipinski definition) is 3. The summed E-state index contributed by atoms with van der Waals surface area (Å²) in [7, 11) is 0. The molecule has 138 valence electrons. The molecule has 1 aliphatic rings. The van der Waals surface area contributed by atoms with Crippen LogP contribution in [0.1, 0.15) is 22.3 Å². The van der Waals surface area contributed by atoms with Gasteiger partial charge in [-0.3, -0.25) is 0 Å². The van der Waals surface area contributed by atoms with Gasteiger partial charge in [0.2, 0.25) is 0 Å². The number of ether oxygens (including phenoxy) is 1. The van der Waals surface area contributed by atoms with E-state index >= 15 is 0 Å². The van der Waals surface area contributed by atoms with Gasteiger partial charge in [-0.1, -0.05) is 42.0 Å². The third-order valence-corrected chi connectivity index (χ3v) is 4.57. The topological polar surface area (TPSA) is 70.6 Å². The second-order valence-electron chi connectivity index (χ2n) is 6.76. The lowest BCUT2D eigenvalue weighted by Crippen LogP contribution is -2.45. The zero-order valence-corrected chi connectivity index (χ0v) is 15.1. The summed E-state index contributed by atoms with van der Waals surface area (Å²) in [5.41, 5.74) is 4.70. The van der Waals surface area contributed by atoms with Crippen molar-refractivity contribution in [2.24, 2.45) is 0 Å². The lowest BCUT2D eigenvalue weighted by atomic mass is 10.0. The molecule has 0 fully saturated rings. The van der Waals surface area contributed by atoms with Gasteiger partial charge in [0.1, 0.15) is 5.75 Å². The summed E-state index contributed by atoms with van der Waals surface area (Å²) < 4.78 is 5.50. The highest BCUT2D eigenvalue weighted by Crippen LogP contribution is 2.25. The molecule has 2 aromatic rings. The van der Waals surface area contributed by atoms with Crippen LogP contribution >= 0.6 is 0 Å². The molecule has 1 unspecified atom stereocenters. The standard InChI is InChI=1S/C21H26N2O3/c1-15-3-2-4-17(11-15)13-19(14-24)23-21(25)22-9-7-16-5-6-20-18(12-16)8-10-26-20/h2-6,11-12,19,24H,7-10,13-14H2,1H3,(H2,22,23,25). The van der Waals surface area contributed by atoms with Crippen molar-refractivity contribution in [3.8, 4) is 5.75 Å². The molecule has 0 saturated carbocycles. The van der Waals surface area contributed by atoms with E-state index in [1.165, 1.54) is 16.7 Å². The van der Waals surface area contributed by atoms with E-state index in [9.17, 15) is 9.90 Å². The molecule has 0 spiro atoms. The molecule has 0 radical (unpaired) electrons. The van der Waals surface area contributed by atoms with E-state index in [0.29, 0.717) is 13.0 Å². The van der Waals surface area contributed by atoms with Crippen molar-refractivity contribution in [1.29, 1.82) is 0 Å². The predicted octanol–water partition coefficient (Wildman–Crippen LogP) is 2.38. The summed E-state index contributed by atoms with van der Waals surface area (Å²) in [6, 6.07) is 13.7. The highest BCUT2D eigenvalue weighted by Gasteiger charge is 2.13. The van der Waals surface area contributed by atoms with E-state index < -0.39 is 0 Å². The zero-order valence-electron chi connectivity index (χ0n) is 15.1. The van der Waals surface area contributed by atoms with Crippen LogP contribution in [0.5, 0.6) is 5.75 Å². The summed E-state index contributed by atoms with van der Waals surface area (Å²) in [4.78, 5) is 12.1. The number of aryl methyl sites for hydroxylation is 1. The average molecular weight is 354 g/mol. The summed E-state index contributed by atoms with van der Waals surface area (Å²) >= 11 is 0. The van der Waals surface area contributed by atoms with Crippen LogP contribution in [0.2, 0.25) is 0 Å². The Morgan fingerprint density at radius 2 is 2.12 bits per heavy atom. The van der Waals surface area contributed by atoms with Gasteiger partial charge in [-0.15, -0.1) is 0 Å². The maximum Gasteiger partial charge on any atom is 0.315 e. The molecule has 26 heavy (non-hydrogen) atoms. The van der Waals surface area contributed by atoms with Gasteiger partial charge >= 0.3 is 6.03 Å². The molecule has 5 heteroatoms.